The monoisotopic (exact) mass is 571 g/mol. The molecular weight excluding hydrogens is 500 g/mol. The van der Waals surface area contributed by atoms with Gasteiger partial charge in [-0.15, -0.1) is 0 Å². The summed E-state index contributed by atoms with van der Waals surface area (Å²) in [6.45, 7) is 3.88. The number of hydrogen-bond donors (Lipinski definition) is 3. The lowest BCUT2D eigenvalue weighted by molar-refractivity contribution is -0.156. The average molecular weight is 571 g/mol. The minimum absolute atomic E-state index is 0.213. The van der Waals surface area contributed by atoms with E-state index in [-0.39, 0.29) is 6.61 Å². The van der Waals surface area contributed by atoms with Gasteiger partial charge >= 0.3 is 5.97 Å². The van der Waals surface area contributed by atoms with E-state index in [0.29, 0.717) is 12.8 Å². The summed E-state index contributed by atoms with van der Waals surface area (Å²) in [5.74, 6) is -0.968. The van der Waals surface area contributed by atoms with Crippen LogP contribution in [0.5, 0.6) is 0 Å². The molecule has 0 radical (unpaired) electrons. The van der Waals surface area contributed by atoms with Crippen molar-refractivity contribution in [3.8, 4) is 0 Å². The van der Waals surface area contributed by atoms with Gasteiger partial charge in [0.05, 0.1) is 18.6 Å². The van der Waals surface area contributed by atoms with E-state index in [4.69, 9.17) is 9.84 Å². The second-order valence-electron chi connectivity index (χ2n) is 12.3. The van der Waals surface area contributed by atoms with Gasteiger partial charge in [-0.05, 0) is 12.8 Å². The highest BCUT2D eigenvalue weighted by Gasteiger charge is 2.28. The number of unbranched alkanes of at least 4 members (excludes halogenated alkanes) is 23. The summed E-state index contributed by atoms with van der Waals surface area (Å²) in [6, 6.07) is 0. The molecule has 0 aliphatic rings. The number of ether oxygens (including phenoxy) is 1. The Balaban J connectivity index is 4.06. The molecule has 0 aliphatic carbocycles. The molecule has 0 aromatic rings. The second kappa shape index (κ2) is 31.3. The molecule has 5 heteroatoms. The minimum atomic E-state index is -1.06. The van der Waals surface area contributed by atoms with Gasteiger partial charge in [0.1, 0.15) is 12.7 Å². The summed E-state index contributed by atoms with van der Waals surface area (Å²) in [4.78, 5) is 12.7. The summed E-state index contributed by atoms with van der Waals surface area (Å²) in [5.41, 5.74) is 0. The average Bonchev–Trinajstić information content (AvgIpc) is 2.96. The van der Waals surface area contributed by atoms with E-state index in [0.717, 1.165) is 25.7 Å². The first-order valence-electron chi connectivity index (χ1n) is 17.7. The normalized spacial score (nSPS) is 13.8. The van der Waals surface area contributed by atoms with Gasteiger partial charge in [0.15, 0.2) is 0 Å². The zero-order valence-corrected chi connectivity index (χ0v) is 26.9. The van der Waals surface area contributed by atoms with E-state index < -0.39 is 30.7 Å². The second-order valence-corrected chi connectivity index (χ2v) is 12.3. The minimum Gasteiger partial charge on any atom is -0.463 e. The summed E-state index contributed by atoms with van der Waals surface area (Å²) in [6.07, 6.45) is 31.4. The van der Waals surface area contributed by atoms with Crippen LogP contribution in [0.15, 0.2) is 0 Å². The van der Waals surface area contributed by atoms with Gasteiger partial charge in [-0.2, -0.15) is 0 Å². The fourth-order valence-corrected chi connectivity index (χ4v) is 5.58. The van der Waals surface area contributed by atoms with E-state index in [2.05, 4.69) is 13.8 Å². The standard InChI is InChI=1S/C35H70O5/c1-3-5-7-9-11-13-15-17-19-21-23-25-27-29-34(38)33(35(39)40-31-32(37)30-36)28-26-24-22-20-18-16-14-12-10-8-6-4-2/h32-34,36-38H,3-31H2,1-2H3/t32-,33?,34?/m1/s1. The first-order chi connectivity index (χ1) is 19.6. The van der Waals surface area contributed by atoms with E-state index in [1.54, 1.807) is 0 Å². The van der Waals surface area contributed by atoms with Crippen molar-refractivity contribution in [2.24, 2.45) is 5.92 Å². The number of aliphatic hydroxyl groups is 3. The van der Waals surface area contributed by atoms with Gasteiger partial charge in [0.2, 0.25) is 0 Å². The third kappa shape index (κ3) is 26.3. The highest BCUT2D eigenvalue weighted by atomic mass is 16.5. The van der Waals surface area contributed by atoms with Gasteiger partial charge in [-0.3, -0.25) is 4.79 Å². The number of carbonyl (C=O) groups excluding carboxylic acids is 1. The van der Waals surface area contributed by atoms with Gasteiger partial charge in [-0.1, -0.05) is 174 Å². The molecule has 0 rings (SSSR count). The maximum absolute atomic E-state index is 12.7. The van der Waals surface area contributed by atoms with Crippen LogP contribution in [0.4, 0.5) is 0 Å². The predicted octanol–water partition coefficient (Wildman–Crippen LogP) is 9.43. The Morgan fingerprint density at radius 1 is 0.525 bits per heavy atom. The topological polar surface area (TPSA) is 87.0 Å². The van der Waals surface area contributed by atoms with Crippen molar-refractivity contribution in [1.82, 2.24) is 0 Å². The van der Waals surface area contributed by atoms with Crippen molar-refractivity contribution in [3.05, 3.63) is 0 Å². The van der Waals surface area contributed by atoms with Crippen molar-refractivity contribution < 1.29 is 24.9 Å². The van der Waals surface area contributed by atoms with Gasteiger partial charge in [-0.25, -0.2) is 0 Å². The van der Waals surface area contributed by atoms with Crippen molar-refractivity contribution >= 4 is 5.97 Å². The van der Waals surface area contributed by atoms with Gasteiger partial charge < -0.3 is 20.1 Å². The molecule has 5 nitrogen and oxygen atoms in total. The predicted molar refractivity (Wildman–Crippen MR) is 170 cm³/mol. The molecular formula is C35H70O5. The molecule has 0 aromatic carbocycles. The maximum atomic E-state index is 12.7. The smallest absolute Gasteiger partial charge is 0.311 e. The Labute approximate surface area is 249 Å². The zero-order chi connectivity index (χ0) is 29.5. The Morgan fingerprint density at radius 3 is 1.20 bits per heavy atom. The Hall–Kier alpha value is -0.650. The molecule has 0 fully saturated rings. The third-order valence-electron chi connectivity index (χ3n) is 8.37. The Kier molecular flexibility index (Phi) is 30.8. The number of rotatable bonds is 32. The summed E-state index contributed by atoms with van der Waals surface area (Å²) < 4.78 is 5.25. The lowest BCUT2D eigenvalue weighted by Gasteiger charge is -2.22. The molecule has 0 heterocycles. The van der Waals surface area contributed by atoms with Crippen LogP contribution >= 0.6 is 0 Å². The van der Waals surface area contributed by atoms with Crippen LogP contribution < -0.4 is 0 Å². The van der Waals surface area contributed by atoms with Crippen LogP contribution in [-0.2, 0) is 9.53 Å². The van der Waals surface area contributed by atoms with Crippen molar-refractivity contribution in [2.45, 2.75) is 199 Å². The lowest BCUT2D eigenvalue weighted by Crippen LogP contribution is -2.32. The molecule has 0 amide bonds. The van der Waals surface area contributed by atoms with Crippen LogP contribution in [0.3, 0.4) is 0 Å². The van der Waals surface area contributed by atoms with Crippen molar-refractivity contribution in [3.63, 3.8) is 0 Å². The van der Waals surface area contributed by atoms with E-state index >= 15 is 0 Å². The third-order valence-corrected chi connectivity index (χ3v) is 8.37. The zero-order valence-electron chi connectivity index (χ0n) is 26.9. The number of aliphatic hydroxyl groups excluding tert-OH is 3. The Bertz CT molecular complexity index is 512. The largest absolute Gasteiger partial charge is 0.463 e. The maximum Gasteiger partial charge on any atom is 0.311 e. The fourth-order valence-electron chi connectivity index (χ4n) is 5.58. The molecule has 0 aromatic heterocycles. The molecule has 0 aliphatic heterocycles. The summed E-state index contributed by atoms with van der Waals surface area (Å²) >= 11 is 0. The molecule has 3 atom stereocenters. The molecule has 0 saturated heterocycles. The first kappa shape index (κ1) is 39.4. The number of hydrogen-bond acceptors (Lipinski definition) is 5. The Morgan fingerprint density at radius 2 is 0.850 bits per heavy atom. The summed E-state index contributed by atoms with van der Waals surface area (Å²) in [5, 5.41) is 29.4. The highest BCUT2D eigenvalue weighted by molar-refractivity contribution is 5.73. The molecule has 0 spiro atoms. The highest BCUT2D eigenvalue weighted by Crippen LogP contribution is 2.22. The molecule has 2 unspecified atom stereocenters. The van der Waals surface area contributed by atoms with Crippen LogP contribution in [-0.4, -0.2) is 46.7 Å². The van der Waals surface area contributed by atoms with Gasteiger partial charge in [0, 0.05) is 0 Å². The van der Waals surface area contributed by atoms with E-state index in [1.807, 2.05) is 0 Å². The molecule has 0 bridgehead atoms. The number of esters is 1. The van der Waals surface area contributed by atoms with Crippen LogP contribution in [0.25, 0.3) is 0 Å². The van der Waals surface area contributed by atoms with Crippen LogP contribution in [0.1, 0.15) is 187 Å². The fraction of sp³-hybridized carbons (Fsp3) is 0.971. The quantitative estimate of drug-likeness (QED) is 0.0554. The summed E-state index contributed by atoms with van der Waals surface area (Å²) in [7, 11) is 0. The van der Waals surface area contributed by atoms with Crippen molar-refractivity contribution in [2.75, 3.05) is 13.2 Å². The van der Waals surface area contributed by atoms with Crippen molar-refractivity contribution in [1.29, 1.82) is 0 Å². The molecule has 3 N–H and O–H groups in total. The van der Waals surface area contributed by atoms with Crippen LogP contribution in [0.2, 0.25) is 0 Å². The SMILES string of the molecule is CCCCCCCCCCCCCCCC(O)C(CCCCCCCCCCCCCC)C(=O)OC[C@H](O)CO. The van der Waals surface area contributed by atoms with E-state index in [1.165, 1.54) is 135 Å². The first-order valence-corrected chi connectivity index (χ1v) is 17.7. The van der Waals surface area contributed by atoms with Crippen LogP contribution in [0, 0.1) is 5.92 Å². The molecule has 40 heavy (non-hydrogen) atoms. The number of carbonyl (C=O) groups is 1. The lowest BCUT2D eigenvalue weighted by atomic mass is 9.91. The molecule has 0 saturated carbocycles. The molecule has 240 valence electrons. The van der Waals surface area contributed by atoms with E-state index in [9.17, 15) is 15.0 Å². The van der Waals surface area contributed by atoms with Gasteiger partial charge in [0.25, 0.3) is 0 Å².